The normalized spacial score (nSPS) is 14.0. The number of amides is 1. The fourth-order valence-electron chi connectivity index (χ4n) is 3.68. The van der Waals surface area contributed by atoms with Gasteiger partial charge < -0.3 is 15.4 Å². The molecule has 0 aliphatic carbocycles. The highest BCUT2D eigenvalue weighted by molar-refractivity contribution is 6.02. The maximum Gasteiger partial charge on any atom is 0.412 e. The molecule has 0 atom stereocenters. The van der Waals surface area contributed by atoms with Crippen molar-refractivity contribution in [3.05, 3.63) is 94.0 Å². The van der Waals surface area contributed by atoms with Crippen LogP contribution < -0.4 is 16.0 Å². The number of rotatable bonds is 5. The van der Waals surface area contributed by atoms with Crippen molar-refractivity contribution < 1.29 is 14.5 Å². The molecule has 1 aliphatic heterocycles. The van der Waals surface area contributed by atoms with E-state index in [2.05, 4.69) is 16.0 Å². The number of ether oxygens (including phenoxy) is 1. The van der Waals surface area contributed by atoms with E-state index >= 15 is 0 Å². The Balaban J connectivity index is 1.65. The third-order valence-electron chi connectivity index (χ3n) is 5.16. The Morgan fingerprint density at radius 2 is 1.62 bits per heavy atom. The summed E-state index contributed by atoms with van der Waals surface area (Å²) in [6.07, 6.45) is -0.518. The number of carbonyl (C=O) groups excluding carboxylic acids is 1. The SMILES string of the molecule is CC(C)(C)OC(=O)Nc1ccc(N/C(=C2\CNc3ccc([N+](=O)[O-])cc32)c2ccccc2)cc1. The van der Waals surface area contributed by atoms with Gasteiger partial charge in [-0.3, -0.25) is 15.4 Å². The number of nitro groups is 1. The smallest absolute Gasteiger partial charge is 0.412 e. The molecule has 1 heterocycles. The number of carbonyl (C=O) groups is 1. The highest BCUT2D eigenvalue weighted by Gasteiger charge is 2.23. The van der Waals surface area contributed by atoms with Crippen molar-refractivity contribution in [3.63, 3.8) is 0 Å². The van der Waals surface area contributed by atoms with Crippen molar-refractivity contribution in [1.82, 2.24) is 0 Å². The Morgan fingerprint density at radius 3 is 2.24 bits per heavy atom. The van der Waals surface area contributed by atoms with E-state index in [1.165, 1.54) is 6.07 Å². The first-order valence-corrected chi connectivity index (χ1v) is 10.9. The molecule has 0 spiro atoms. The fraction of sp³-hybridized carbons (Fsp3) is 0.192. The van der Waals surface area contributed by atoms with Gasteiger partial charge in [-0.15, -0.1) is 0 Å². The minimum atomic E-state index is -0.580. The summed E-state index contributed by atoms with van der Waals surface area (Å²) in [6, 6.07) is 21.9. The molecule has 4 rings (SSSR count). The molecule has 3 N–H and O–H groups in total. The van der Waals surface area contributed by atoms with E-state index in [1.807, 2.05) is 63.2 Å². The van der Waals surface area contributed by atoms with Crippen LogP contribution in [0, 0.1) is 10.1 Å². The fourth-order valence-corrected chi connectivity index (χ4v) is 3.68. The Bertz CT molecular complexity index is 1250. The molecule has 3 aromatic carbocycles. The van der Waals surface area contributed by atoms with Crippen LogP contribution in [0.1, 0.15) is 31.9 Å². The zero-order valence-corrected chi connectivity index (χ0v) is 19.2. The predicted molar refractivity (Wildman–Crippen MR) is 135 cm³/mol. The summed E-state index contributed by atoms with van der Waals surface area (Å²) >= 11 is 0. The van der Waals surface area contributed by atoms with Gasteiger partial charge in [0.15, 0.2) is 0 Å². The summed E-state index contributed by atoms with van der Waals surface area (Å²) in [4.78, 5) is 23.0. The minimum Gasteiger partial charge on any atom is -0.444 e. The second-order valence-corrected chi connectivity index (χ2v) is 8.89. The maximum atomic E-state index is 12.0. The van der Waals surface area contributed by atoms with Gasteiger partial charge in [-0.1, -0.05) is 30.3 Å². The van der Waals surface area contributed by atoms with Gasteiger partial charge in [0.05, 0.1) is 10.6 Å². The molecule has 0 bridgehead atoms. The van der Waals surface area contributed by atoms with Gasteiger partial charge in [-0.2, -0.15) is 0 Å². The molecule has 0 saturated heterocycles. The maximum absolute atomic E-state index is 12.0. The molecule has 0 unspecified atom stereocenters. The second kappa shape index (κ2) is 9.27. The highest BCUT2D eigenvalue weighted by Crippen LogP contribution is 2.38. The van der Waals surface area contributed by atoms with Crippen LogP contribution in [0.15, 0.2) is 72.8 Å². The van der Waals surface area contributed by atoms with Gasteiger partial charge in [0.25, 0.3) is 5.69 Å². The van der Waals surface area contributed by atoms with Gasteiger partial charge in [0.1, 0.15) is 5.60 Å². The van der Waals surface area contributed by atoms with E-state index in [4.69, 9.17) is 4.74 Å². The first-order chi connectivity index (χ1) is 16.2. The molecule has 1 aliphatic rings. The summed E-state index contributed by atoms with van der Waals surface area (Å²) < 4.78 is 5.29. The van der Waals surface area contributed by atoms with E-state index in [9.17, 15) is 14.9 Å². The van der Waals surface area contributed by atoms with Gasteiger partial charge in [0.2, 0.25) is 0 Å². The summed E-state index contributed by atoms with van der Waals surface area (Å²) in [7, 11) is 0. The summed E-state index contributed by atoms with van der Waals surface area (Å²) in [5, 5.41) is 20.8. The van der Waals surface area contributed by atoms with Crippen molar-refractivity contribution in [2.45, 2.75) is 26.4 Å². The zero-order chi connectivity index (χ0) is 24.3. The van der Waals surface area contributed by atoms with E-state index in [1.54, 1.807) is 24.3 Å². The van der Waals surface area contributed by atoms with Crippen LogP contribution in [0.3, 0.4) is 0 Å². The lowest BCUT2D eigenvalue weighted by Crippen LogP contribution is -2.27. The van der Waals surface area contributed by atoms with Gasteiger partial charge >= 0.3 is 6.09 Å². The number of nitro benzene ring substituents is 1. The van der Waals surface area contributed by atoms with E-state index in [0.717, 1.165) is 33.8 Å². The number of benzene rings is 3. The number of non-ortho nitro benzene ring substituents is 1. The van der Waals surface area contributed by atoms with Crippen molar-refractivity contribution in [3.8, 4) is 0 Å². The molecule has 3 aromatic rings. The second-order valence-electron chi connectivity index (χ2n) is 8.89. The first kappa shape index (κ1) is 22.8. The summed E-state index contributed by atoms with van der Waals surface area (Å²) in [5.74, 6) is 0. The summed E-state index contributed by atoms with van der Waals surface area (Å²) in [6.45, 7) is 5.96. The topological polar surface area (TPSA) is 106 Å². The molecule has 174 valence electrons. The average molecular weight is 459 g/mol. The number of fused-ring (bicyclic) bond motifs is 1. The van der Waals surface area contributed by atoms with Gasteiger partial charge in [0, 0.05) is 46.9 Å². The van der Waals surface area contributed by atoms with Gasteiger partial charge in [-0.25, -0.2) is 4.79 Å². The zero-order valence-electron chi connectivity index (χ0n) is 19.2. The van der Waals surface area contributed by atoms with Crippen molar-refractivity contribution in [1.29, 1.82) is 0 Å². The molecule has 0 fully saturated rings. The monoisotopic (exact) mass is 458 g/mol. The highest BCUT2D eigenvalue weighted by atomic mass is 16.6. The molecule has 34 heavy (non-hydrogen) atoms. The summed E-state index contributed by atoms with van der Waals surface area (Å²) in [5.41, 5.74) is 5.26. The van der Waals surface area contributed by atoms with Crippen LogP contribution in [-0.4, -0.2) is 23.2 Å². The van der Waals surface area contributed by atoms with E-state index < -0.39 is 11.7 Å². The molecule has 0 radical (unpaired) electrons. The Labute approximate surface area is 197 Å². The van der Waals surface area contributed by atoms with Crippen LogP contribution in [0.25, 0.3) is 11.3 Å². The van der Waals surface area contributed by atoms with Crippen molar-refractivity contribution in [2.75, 3.05) is 22.5 Å². The molecule has 0 saturated carbocycles. The molecular formula is C26H26N4O4. The lowest BCUT2D eigenvalue weighted by atomic mass is 10.00. The van der Waals surface area contributed by atoms with E-state index in [0.29, 0.717) is 12.2 Å². The number of hydrogen-bond donors (Lipinski definition) is 3. The molecule has 8 heteroatoms. The Morgan fingerprint density at radius 1 is 0.971 bits per heavy atom. The Hall–Kier alpha value is -4.33. The number of nitrogens with zero attached hydrogens (tertiary/aromatic N) is 1. The standard InChI is InChI=1S/C26H26N4O4/c1-26(2,3)34-25(31)29-19-11-9-18(10-12-19)28-24(17-7-5-4-6-8-17)22-16-27-23-14-13-20(30(32)33)15-21(22)23/h4-15,27-28H,16H2,1-3H3,(H,29,31)/b24-22+. The first-order valence-electron chi connectivity index (χ1n) is 10.9. The third-order valence-corrected chi connectivity index (χ3v) is 5.16. The third kappa shape index (κ3) is 5.35. The van der Waals surface area contributed by atoms with Crippen LogP contribution in [0.2, 0.25) is 0 Å². The molecule has 1 amide bonds. The van der Waals surface area contributed by atoms with Crippen molar-refractivity contribution in [2.24, 2.45) is 0 Å². The van der Waals surface area contributed by atoms with Crippen LogP contribution >= 0.6 is 0 Å². The van der Waals surface area contributed by atoms with Crippen LogP contribution in [0.4, 0.5) is 27.5 Å². The number of hydrogen-bond acceptors (Lipinski definition) is 6. The molecule has 0 aromatic heterocycles. The van der Waals surface area contributed by atoms with Crippen LogP contribution in [-0.2, 0) is 4.74 Å². The number of anilines is 3. The lowest BCUT2D eigenvalue weighted by molar-refractivity contribution is -0.384. The van der Waals surface area contributed by atoms with Gasteiger partial charge in [-0.05, 0) is 56.7 Å². The lowest BCUT2D eigenvalue weighted by Gasteiger charge is -2.20. The molecular weight excluding hydrogens is 432 g/mol. The number of nitrogens with one attached hydrogen (secondary N) is 3. The predicted octanol–water partition coefficient (Wildman–Crippen LogP) is 6.35. The van der Waals surface area contributed by atoms with Crippen LogP contribution in [0.5, 0.6) is 0 Å². The largest absolute Gasteiger partial charge is 0.444 e. The quantitative estimate of drug-likeness (QED) is 0.304. The van der Waals surface area contributed by atoms with Crippen molar-refractivity contribution >= 4 is 40.1 Å². The van der Waals surface area contributed by atoms with E-state index in [-0.39, 0.29) is 10.6 Å². The average Bonchev–Trinajstić information content (AvgIpc) is 3.21. The Kier molecular flexibility index (Phi) is 6.23. The minimum absolute atomic E-state index is 0.0462. The molecule has 8 nitrogen and oxygen atoms in total.